The molecule has 0 saturated carbocycles. The first-order chi connectivity index (χ1) is 15.2. The fraction of sp³-hybridized carbons (Fsp3) is 0.217. The smallest absolute Gasteiger partial charge is 0.347 e. The molecule has 32 heavy (non-hydrogen) atoms. The minimum Gasteiger partial charge on any atom is -0.463 e. The van der Waals surface area contributed by atoms with Crippen molar-refractivity contribution in [1.82, 2.24) is 9.97 Å². The van der Waals surface area contributed by atoms with Crippen molar-refractivity contribution in [3.05, 3.63) is 78.2 Å². The number of nitrogens with zero attached hydrogens (tertiary/aromatic N) is 2. The van der Waals surface area contributed by atoms with Crippen molar-refractivity contribution in [3.63, 3.8) is 0 Å². The first kappa shape index (κ1) is 24.3. The molecule has 0 aliphatic rings. The largest absolute Gasteiger partial charge is 0.463 e. The summed E-state index contributed by atoms with van der Waals surface area (Å²) in [6.07, 6.45) is 3.76. The number of rotatable bonds is 10. The topological polar surface area (TPSA) is 114 Å². The fourth-order valence-electron chi connectivity index (χ4n) is 2.39. The van der Waals surface area contributed by atoms with Crippen molar-refractivity contribution in [2.75, 3.05) is 6.61 Å². The number of benzene rings is 1. The van der Waals surface area contributed by atoms with Gasteiger partial charge in [-0.15, -0.1) is 0 Å². The van der Waals surface area contributed by atoms with Gasteiger partial charge < -0.3 is 19.9 Å². The molecule has 0 bridgehead atoms. The van der Waals surface area contributed by atoms with Crippen LogP contribution in [0.1, 0.15) is 37.1 Å². The van der Waals surface area contributed by atoms with E-state index in [1.54, 1.807) is 26.0 Å². The third-order valence-corrected chi connectivity index (χ3v) is 3.94. The molecule has 0 fully saturated rings. The highest BCUT2D eigenvalue weighted by molar-refractivity contribution is 5.91. The molecule has 0 aliphatic carbocycles. The number of nitrogens with two attached hydrogens (primary N) is 1. The number of halogens is 1. The Kier molecular flexibility index (Phi) is 8.64. The lowest BCUT2D eigenvalue weighted by atomic mass is 10.2. The van der Waals surface area contributed by atoms with Gasteiger partial charge in [0.05, 0.1) is 6.61 Å². The van der Waals surface area contributed by atoms with Crippen molar-refractivity contribution < 1.29 is 28.2 Å². The van der Waals surface area contributed by atoms with Gasteiger partial charge in [0, 0.05) is 11.6 Å². The Bertz CT molecular complexity index is 1050. The van der Waals surface area contributed by atoms with E-state index in [0.29, 0.717) is 17.1 Å². The van der Waals surface area contributed by atoms with Gasteiger partial charge in [-0.2, -0.15) is 4.98 Å². The number of carbonyl (C=O) groups excluding carboxylic acids is 2. The van der Waals surface area contributed by atoms with E-state index in [1.165, 1.54) is 43.3 Å². The van der Waals surface area contributed by atoms with Crippen molar-refractivity contribution in [3.8, 4) is 11.6 Å². The molecule has 2 rings (SSSR count). The summed E-state index contributed by atoms with van der Waals surface area (Å²) < 4.78 is 29.0. The average Bonchev–Trinajstić information content (AvgIpc) is 2.75. The molecule has 0 unspecified atom stereocenters. The van der Waals surface area contributed by atoms with Crippen LogP contribution in [-0.4, -0.2) is 34.6 Å². The third kappa shape index (κ3) is 7.05. The zero-order valence-electron chi connectivity index (χ0n) is 18.0. The minimum atomic E-state index is -0.958. The van der Waals surface area contributed by atoms with Crippen LogP contribution in [0.25, 0.3) is 5.57 Å². The zero-order valence-corrected chi connectivity index (χ0v) is 18.0. The molecular weight excluding hydrogens is 417 g/mol. The molecule has 8 nitrogen and oxygen atoms in total. The quantitative estimate of drug-likeness (QED) is 0.340. The molecule has 2 aromatic rings. The highest BCUT2D eigenvalue weighted by Gasteiger charge is 2.19. The van der Waals surface area contributed by atoms with Crippen LogP contribution in [-0.2, 0) is 9.53 Å². The fourth-order valence-corrected chi connectivity index (χ4v) is 2.39. The number of esters is 1. The van der Waals surface area contributed by atoms with E-state index in [2.05, 4.69) is 16.5 Å². The Labute approximate surface area is 185 Å². The molecule has 1 atom stereocenters. The monoisotopic (exact) mass is 441 g/mol. The molecule has 0 saturated heterocycles. The van der Waals surface area contributed by atoms with Crippen LogP contribution >= 0.6 is 0 Å². The maximum absolute atomic E-state index is 13.0. The molecular formula is C23H24FN3O5. The molecule has 1 amide bonds. The van der Waals surface area contributed by atoms with E-state index in [-0.39, 0.29) is 29.8 Å². The lowest BCUT2D eigenvalue weighted by Crippen LogP contribution is -2.27. The molecule has 2 N–H and O–H groups in total. The van der Waals surface area contributed by atoms with E-state index in [1.807, 2.05) is 0 Å². The Morgan fingerprint density at radius 3 is 2.50 bits per heavy atom. The predicted molar refractivity (Wildman–Crippen MR) is 116 cm³/mol. The standard InChI is InChI=1S/C23H24FN3O5/c1-5-16(8-7-14(3)31-18-11-9-17(24)10-12-18)22-26-19(21(25)28)13-20(27-22)32-15(4)23(29)30-6-2/h5,7-13,15H,1,6H2,2-4H3,(H2,25,28)/b14-7+,16-8+/t15-/m0/s1. The van der Waals surface area contributed by atoms with Gasteiger partial charge in [0.2, 0.25) is 5.88 Å². The van der Waals surface area contributed by atoms with Gasteiger partial charge in [0.25, 0.3) is 5.91 Å². The number of carbonyl (C=O) groups is 2. The molecule has 168 valence electrons. The van der Waals surface area contributed by atoms with Gasteiger partial charge in [-0.05, 0) is 57.2 Å². The molecule has 1 aromatic heterocycles. The van der Waals surface area contributed by atoms with Crippen LogP contribution in [0.2, 0.25) is 0 Å². The first-order valence-corrected chi connectivity index (χ1v) is 9.70. The van der Waals surface area contributed by atoms with Crippen LogP contribution in [0.4, 0.5) is 4.39 Å². The molecule has 0 radical (unpaired) electrons. The number of hydrogen-bond donors (Lipinski definition) is 1. The van der Waals surface area contributed by atoms with Crippen LogP contribution in [0.3, 0.4) is 0 Å². The van der Waals surface area contributed by atoms with Crippen LogP contribution < -0.4 is 15.2 Å². The van der Waals surface area contributed by atoms with E-state index in [0.717, 1.165) is 0 Å². The van der Waals surface area contributed by atoms with Gasteiger partial charge in [-0.25, -0.2) is 14.2 Å². The number of primary amides is 1. The van der Waals surface area contributed by atoms with Gasteiger partial charge >= 0.3 is 5.97 Å². The molecule has 1 heterocycles. The summed E-state index contributed by atoms with van der Waals surface area (Å²) in [5, 5.41) is 0. The highest BCUT2D eigenvalue weighted by atomic mass is 19.1. The predicted octanol–water partition coefficient (Wildman–Crippen LogP) is 3.60. The zero-order chi connectivity index (χ0) is 23.7. The second-order valence-corrected chi connectivity index (χ2v) is 6.45. The van der Waals surface area contributed by atoms with Crippen LogP contribution in [0, 0.1) is 5.82 Å². The van der Waals surface area contributed by atoms with Gasteiger partial charge in [-0.1, -0.05) is 12.7 Å². The summed E-state index contributed by atoms with van der Waals surface area (Å²) >= 11 is 0. The summed E-state index contributed by atoms with van der Waals surface area (Å²) in [5.41, 5.74) is 5.70. The van der Waals surface area contributed by atoms with Crippen LogP contribution in [0.5, 0.6) is 11.6 Å². The van der Waals surface area contributed by atoms with Crippen molar-refractivity contribution >= 4 is 17.4 Å². The third-order valence-electron chi connectivity index (χ3n) is 3.94. The number of hydrogen-bond acceptors (Lipinski definition) is 7. The van der Waals surface area contributed by atoms with Gasteiger partial charge in [0.15, 0.2) is 11.9 Å². The van der Waals surface area contributed by atoms with Gasteiger partial charge in [0.1, 0.15) is 23.0 Å². The molecule has 0 aliphatic heterocycles. The molecule has 9 heteroatoms. The lowest BCUT2D eigenvalue weighted by Gasteiger charge is -2.14. The van der Waals surface area contributed by atoms with E-state index >= 15 is 0 Å². The average molecular weight is 441 g/mol. The van der Waals surface area contributed by atoms with Gasteiger partial charge in [-0.3, -0.25) is 4.79 Å². The summed E-state index contributed by atoms with van der Waals surface area (Å²) in [5.74, 6) is -0.705. The first-order valence-electron chi connectivity index (χ1n) is 9.70. The maximum Gasteiger partial charge on any atom is 0.347 e. The Morgan fingerprint density at radius 1 is 1.22 bits per heavy atom. The Morgan fingerprint density at radius 2 is 1.91 bits per heavy atom. The van der Waals surface area contributed by atoms with Crippen molar-refractivity contribution in [1.29, 1.82) is 0 Å². The van der Waals surface area contributed by atoms with Crippen molar-refractivity contribution in [2.45, 2.75) is 26.9 Å². The second-order valence-electron chi connectivity index (χ2n) is 6.45. The lowest BCUT2D eigenvalue weighted by molar-refractivity contribution is -0.150. The molecule has 1 aromatic carbocycles. The van der Waals surface area contributed by atoms with E-state index in [4.69, 9.17) is 19.9 Å². The number of allylic oxidation sites excluding steroid dienone is 5. The number of ether oxygens (including phenoxy) is 3. The Hall–Kier alpha value is -4.01. The SMILES string of the molecule is C=C/C(=C\C=C(/C)Oc1ccc(F)cc1)c1nc(O[C@@H](C)C(=O)OCC)cc(C(N)=O)n1. The Balaban J connectivity index is 2.31. The maximum atomic E-state index is 13.0. The summed E-state index contributed by atoms with van der Waals surface area (Å²) in [7, 11) is 0. The minimum absolute atomic E-state index is 0.0274. The second kappa shape index (κ2) is 11.4. The summed E-state index contributed by atoms with van der Waals surface area (Å²) in [6, 6.07) is 6.81. The normalized spacial score (nSPS) is 12.6. The highest BCUT2D eigenvalue weighted by Crippen LogP contribution is 2.19. The number of aromatic nitrogens is 2. The molecule has 0 spiro atoms. The number of amides is 1. The van der Waals surface area contributed by atoms with E-state index in [9.17, 15) is 14.0 Å². The van der Waals surface area contributed by atoms with Crippen LogP contribution in [0.15, 0.2) is 60.9 Å². The van der Waals surface area contributed by atoms with E-state index < -0.39 is 18.0 Å². The summed E-state index contributed by atoms with van der Waals surface area (Å²) in [4.78, 5) is 31.9. The summed E-state index contributed by atoms with van der Waals surface area (Å²) in [6.45, 7) is 8.81. The van der Waals surface area contributed by atoms with Crippen molar-refractivity contribution in [2.24, 2.45) is 5.73 Å².